The minimum atomic E-state index is -3.58. The molecule has 0 saturated carbocycles. The number of aromatic nitrogens is 4. The number of fused-ring (bicyclic) bond motifs is 1. The van der Waals surface area contributed by atoms with Gasteiger partial charge in [0.05, 0.1) is 32.4 Å². The van der Waals surface area contributed by atoms with Crippen molar-refractivity contribution in [3.05, 3.63) is 50.5 Å². The number of hydrogen-bond donors (Lipinski definition) is 1. The van der Waals surface area contributed by atoms with E-state index >= 15 is 0 Å². The first-order valence-corrected chi connectivity index (χ1v) is 16.6. The van der Waals surface area contributed by atoms with Crippen molar-refractivity contribution in [2.75, 3.05) is 12.4 Å². The molecule has 6 heterocycles. The summed E-state index contributed by atoms with van der Waals surface area (Å²) in [5.74, 6) is 0.714. The zero-order valence-electron chi connectivity index (χ0n) is 23.3. The first-order valence-electron chi connectivity index (χ1n) is 13.7. The smallest absolute Gasteiger partial charge is 0.246 e. The number of thiophene rings is 1. The van der Waals surface area contributed by atoms with Gasteiger partial charge in [-0.1, -0.05) is 25.4 Å². The van der Waals surface area contributed by atoms with Crippen LogP contribution >= 0.6 is 22.9 Å². The van der Waals surface area contributed by atoms with Gasteiger partial charge in [0.15, 0.2) is 9.84 Å². The van der Waals surface area contributed by atoms with Gasteiger partial charge in [0.1, 0.15) is 11.5 Å². The molecule has 3 aromatic heterocycles. The molecule has 3 atom stereocenters. The number of dihydropyridines is 1. The summed E-state index contributed by atoms with van der Waals surface area (Å²) in [6.07, 6.45) is 5.06. The Bertz CT molecular complexity index is 1640. The maximum absolute atomic E-state index is 13.9. The Kier molecular flexibility index (Phi) is 7.08. The lowest BCUT2D eigenvalue weighted by Crippen LogP contribution is -2.34. The second-order valence-corrected chi connectivity index (χ2v) is 15.5. The second kappa shape index (κ2) is 10.2. The van der Waals surface area contributed by atoms with Crippen molar-refractivity contribution in [3.63, 3.8) is 0 Å². The zero-order chi connectivity index (χ0) is 28.4. The predicted octanol–water partition coefficient (Wildman–Crippen LogP) is 6.03. The number of sulfone groups is 1. The van der Waals surface area contributed by atoms with Crippen molar-refractivity contribution < 1.29 is 17.6 Å². The van der Waals surface area contributed by atoms with Crippen LogP contribution in [0.5, 0.6) is 0 Å². The van der Waals surface area contributed by atoms with Crippen molar-refractivity contribution in [1.29, 1.82) is 0 Å². The Morgan fingerprint density at radius 3 is 2.73 bits per heavy atom. The van der Waals surface area contributed by atoms with E-state index in [-0.39, 0.29) is 23.2 Å². The lowest BCUT2D eigenvalue weighted by molar-refractivity contribution is -0.0734. The molecule has 9 nitrogen and oxygen atoms in total. The quantitative estimate of drug-likeness (QED) is 0.337. The fraction of sp³-hybridized carbons (Fsp3) is 0.571. The van der Waals surface area contributed by atoms with E-state index in [4.69, 9.17) is 20.8 Å². The Labute approximate surface area is 243 Å². The van der Waals surface area contributed by atoms with Gasteiger partial charge in [0.25, 0.3) is 0 Å². The minimum Gasteiger partial charge on any atom is -0.421 e. The van der Waals surface area contributed by atoms with Crippen molar-refractivity contribution in [3.8, 4) is 0 Å². The minimum absolute atomic E-state index is 0.0713. The Morgan fingerprint density at radius 2 is 2.05 bits per heavy atom. The van der Waals surface area contributed by atoms with Crippen LogP contribution < -0.4 is 5.32 Å². The number of ether oxygens (including phenoxy) is 1. The molecule has 40 heavy (non-hydrogen) atoms. The van der Waals surface area contributed by atoms with Gasteiger partial charge in [-0.05, 0) is 57.4 Å². The zero-order valence-corrected chi connectivity index (χ0v) is 25.7. The van der Waals surface area contributed by atoms with Gasteiger partial charge in [0, 0.05) is 41.3 Å². The monoisotopic (exact) mass is 603 g/mol. The highest BCUT2D eigenvalue weighted by molar-refractivity contribution is 7.95. The largest absolute Gasteiger partial charge is 0.421 e. The molecule has 214 valence electrons. The average Bonchev–Trinajstić information content (AvgIpc) is 3.57. The fourth-order valence-electron chi connectivity index (χ4n) is 6.38. The summed E-state index contributed by atoms with van der Waals surface area (Å²) in [7, 11) is -3.58. The molecule has 6 rings (SSSR count). The van der Waals surface area contributed by atoms with E-state index in [2.05, 4.69) is 53.2 Å². The number of allylic oxidation sites excluding steroid dienone is 4. The third-order valence-corrected chi connectivity index (χ3v) is 11.8. The maximum atomic E-state index is 13.9. The Hall–Kier alpha value is -2.34. The number of nitrogens with one attached hydrogen (secondary N) is 1. The van der Waals surface area contributed by atoms with Crippen molar-refractivity contribution >= 4 is 48.6 Å². The van der Waals surface area contributed by atoms with E-state index in [0.717, 1.165) is 53.3 Å². The molecule has 1 fully saturated rings. The summed E-state index contributed by atoms with van der Waals surface area (Å²) in [6, 6.07) is 1.92. The van der Waals surface area contributed by atoms with Gasteiger partial charge in [0.2, 0.25) is 11.8 Å². The van der Waals surface area contributed by atoms with Crippen molar-refractivity contribution in [2.45, 2.75) is 71.8 Å². The van der Waals surface area contributed by atoms with E-state index in [9.17, 15) is 8.42 Å². The van der Waals surface area contributed by atoms with E-state index in [0.29, 0.717) is 38.8 Å². The summed E-state index contributed by atoms with van der Waals surface area (Å²) < 4.78 is 40.5. The van der Waals surface area contributed by atoms with Gasteiger partial charge >= 0.3 is 0 Å². The molecule has 0 bridgehead atoms. The highest BCUT2D eigenvalue weighted by Gasteiger charge is 2.49. The summed E-state index contributed by atoms with van der Waals surface area (Å²) in [4.78, 5) is 9.76. The molecular weight excluding hydrogens is 570 g/mol. The number of aryl methyl sites for hydroxylation is 1. The van der Waals surface area contributed by atoms with Crippen LogP contribution in [-0.2, 0) is 14.6 Å². The summed E-state index contributed by atoms with van der Waals surface area (Å²) in [5.41, 5.74) is 2.98. The van der Waals surface area contributed by atoms with E-state index in [1.54, 1.807) is 6.92 Å². The molecule has 0 spiro atoms. The molecule has 3 aromatic rings. The van der Waals surface area contributed by atoms with Gasteiger partial charge in [-0.25, -0.2) is 18.4 Å². The molecule has 1 saturated heterocycles. The highest BCUT2D eigenvalue weighted by atomic mass is 35.5. The van der Waals surface area contributed by atoms with Crippen LogP contribution in [0.1, 0.15) is 76.0 Å². The van der Waals surface area contributed by atoms with Gasteiger partial charge in [-0.15, -0.1) is 21.5 Å². The second-order valence-electron chi connectivity index (χ2n) is 12.0. The molecule has 12 heteroatoms. The molecule has 1 N–H and O–H groups in total. The first-order chi connectivity index (χ1) is 18.9. The standard InChI is InChI=1S/C28H34ClN5O4S2/c1-14(2)17-12-40(35,36)25-22(20-10-19-24(39-20)26(29)31-13-30-19)21(27-34-33-15(3)38-27)18(32-23(17)25)7-6-16-8-9-37-28(4,5)11-16/h10,13-14,16-17,22,32H,6-9,11-12H2,1-5H3. The van der Waals surface area contributed by atoms with Crippen LogP contribution in [0, 0.1) is 24.7 Å². The molecule has 0 aliphatic carbocycles. The average molecular weight is 604 g/mol. The molecule has 0 amide bonds. The van der Waals surface area contributed by atoms with E-state index in [1.165, 1.54) is 17.7 Å². The number of rotatable bonds is 6. The highest BCUT2D eigenvalue weighted by Crippen LogP contribution is 2.53. The van der Waals surface area contributed by atoms with Crippen molar-refractivity contribution in [1.82, 2.24) is 25.5 Å². The third kappa shape index (κ3) is 4.99. The topological polar surface area (TPSA) is 120 Å². The Balaban J connectivity index is 1.53. The number of hydrogen-bond acceptors (Lipinski definition) is 10. The molecule has 0 aromatic carbocycles. The fourth-order valence-corrected chi connectivity index (χ4v) is 10.2. The van der Waals surface area contributed by atoms with Crippen LogP contribution in [0.4, 0.5) is 0 Å². The SMILES string of the molecule is Cc1nnc(C2=C(CCC3CCOC(C)(C)C3)NC3=C(C2c2cc4ncnc(Cl)c4s2)S(=O)(=O)CC3C(C)C)o1. The van der Waals surface area contributed by atoms with E-state index < -0.39 is 15.8 Å². The molecular formula is C28H34ClN5O4S2. The predicted molar refractivity (Wildman–Crippen MR) is 155 cm³/mol. The van der Waals surface area contributed by atoms with Crippen LogP contribution in [0.2, 0.25) is 5.15 Å². The van der Waals surface area contributed by atoms with E-state index in [1.807, 2.05) is 6.07 Å². The Morgan fingerprint density at radius 1 is 1.25 bits per heavy atom. The first kappa shape index (κ1) is 27.8. The third-order valence-electron chi connectivity index (χ3n) is 8.27. The lowest BCUT2D eigenvalue weighted by Gasteiger charge is -2.36. The van der Waals surface area contributed by atoms with Gasteiger partial charge < -0.3 is 14.5 Å². The molecule has 3 aliphatic heterocycles. The normalized spacial score (nSPS) is 26.0. The summed E-state index contributed by atoms with van der Waals surface area (Å²) in [6.45, 7) is 10.9. The van der Waals surface area contributed by atoms with Gasteiger partial charge in [-0.3, -0.25) is 0 Å². The van der Waals surface area contributed by atoms with Crippen LogP contribution in [0.25, 0.3) is 15.8 Å². The van der Waals surface area contributed by atoms with Crippen LogP contribution in [0.3, 0.4) is 0 Å². The lowest BCUT2D eigenvalue weighted by atomic mass is 9.82. The van der Waals surface area contributed by atoms with Crippen LogP contribution in [-0.4, -0.2) is 46.5 Å². The molecule has 3 aliphatic rings. The number of nitrogens with zero attached hydrogens (tertiary/aromatic N) is 4. The number of halogens is 1. The van der Waals surface area contributed by atoms with Gasteiger partial charge in [-0.2, -0.15) is 0 Å². The molecule has 0 radical (unpaired) electrons. The summed E-state index contributed by atoms with van der Waals surface area (Å²) >= 11 is 7.86. The van der Waals surface area contributed by atoms with Crippen molar-refractivity contribution in [2.24, 2.45) is 17.8 Å². The summed E-state index contributed by atoms with van der Waals surface area (Å²) in [5, 5.41) is 12.5. The van der Waals surface area contributed by atoms with Crippen LogP contribution in [0.15, 0.2) is 33.1 Å². The maximum Gasteiger partial charge on any atom is 0.246 e. The molecule has 3 unspecified atom stereocenters.